The summed E-state index contributed by atoms with van der Waals surface area (Å²) in [5.41, 5.74) is 0.759. The molecule has 0 radical (unpaired) electrons. The average Bonchev–Trinajstić information content (AvgIpc) is 2.82. The van der Waals surface area contributed by atoms with Crippen LogP contribution >= 0.6 is 11.3 Å². The molecule has 0 bridgehead atoms. The molecule has 17 heavy (non-hydrogen) atoms. The first-order valence-corrected chi connectivity index (χ1v) is 6.14. The molecule has 1 N–H and O–H groups in total. The molecule has 0 saturated carbocycles. The maximum atomic E-state index is 13.0. The summed E-state index contributed by atoms with van der Waals surface area (Å²) in [4.78, 5) is 12.4. The number of benzene rings is 1. The summed E-state index contributed by atoms with van der Waals surface area (Å²) in [5, 5.41) is 4.68. The summed E-state index contributed by atoms with van der Waals surface area (Å²) >= 11 is 1.39. The zero-order valence-electron chi connectivity index (χ0n) is 9.31. The lowest BCUT2D eigenvalue weighted by molar-refractivity contribution is 0.0944. The van der Waals surface area contributed by atoms with E-state index in [2.05, 4.69) is 5.32 Å². The predicted molar refractivity (Wildman–Crippen MR) is 66.6 cm³/mol. The highest BCUT2D eigenvalue weighted by Gasteiger charge is 2.12. The second kappa shape index (κ2) is 5.10. The Morgan fingerprint density at radius 2 is 2.18 bits per heavy atom. The third-order valence-electron chi connectivity index (χ3n) is 2.44. The van der Waals surface area contributed by atoms with E-state index >= 15 is 0 Å². The molecule has 1 heterocycles. The molecule has 1 atom stereocenters. The van der Waals surface area contributed by atoms with Crippen molar-refractivity contribution < 1.29 is 9.18 Å². The second-order valence-electron chi connectivity index (χ2n) is 3.73. The van der Waals surface area contributed by atoms with Gasteiger partial charge in [-0.3, -0.25) is 4.79 Å². The molecule has 2 nitrogen and oxygen atoms in total. The van der Waals surface area contributed by atoms with Gasteiger partial charge in [-0.2, -0.15) is 0 Å². The van der Waals surface area contributed by atoms with Gasteiger partial charge in [0.15, 0.2) is 0 Å². The van der Waals surface area contributed by atoms with Gasteiger partial charge in [0.25, 0.3) is 5.91 Å². The highest BCUT2D eigenvalue weighted by molar-refractivity contribution is 7.12. The smallest absolute Gasteiger partial charge is 0.261 e. The normalized spacial score (nSPS) is 12.1. The van der Waals surface area contributed by atoms with Gasteiger partial charge in [-0.15, -0.1) is 11.3 Å². The molecule has 0 aliphatic carbocycles. The summed E-state index contributed by atoms with van der Waals surface area (Å²) in [5.74, 6) is -0.420. The molecule has 2 aromatic rings. The van der Waals surface area contributed by atoms with Gasteiger partial charge in [-0.1, -0.05) is 18.2 Å². The Morgan fingerprint density at radius 3 is 2.82 bits per heavy atom. The van der Waals surface area contributed by atoms with Gasteiger partial charge >= 0.3 is 0 Å². The van der Waals surface area contributed by atoms with Crippen LogP contribution in [0.15, 0.2) is 41.8 Å². The summed E-state index contributed by atoms with van der Waals surface area (Å²) < 4.78 is 13.0. The highest BCUT2D eigenvalue weighted by atomic mass is 32.1. The molecule has 2 rings (SSSR count). The summed E-state index contributed by atoms with van der Waals surface area (Å²) in [7, 11) is 0. The standard InChI is InChI=1S/C13H12FNOS/c1-9(10-4-2-5-11(14)8-10)15-13(16)12-6-3-7-17-12/h2-9H,1H3,(H,15,16)/t9-/m0/s1. The summed E-state index contributed by atoms with van der Waals surface area (Å²) in [6.45, 7) is 1.83. The lowest BCUT2D eigenvalue weighted by Crippen LogP contribution is -2.25. The van der Waals surface area contributed by atoms with Crippen LogP contribution in [0.25, 0.3) is 0 Å². The second-order valence-corrected chi connectivity index (χ2v) is 4.68. The first kappa shape index (κ1) is 11.8. The van der Waals surface area contributed by atoms with Crippen LogP contribution in [0.5, 0.6) is 0 Å². The molecule has 0 unspecified atom stereocenters. The first-order chi connectivity index (χ1) is 8.16. The largest absolute Gasteiger partial charge is 0.345 e. The molecule has 0 fully saturated rings. The van der Waals surface area contributed by atoms with Gasteiger partial charge in [0.05, 0.1) is 10.9 Å². The van der Waals surface area contributed by atoms with E-state index < -0.39 is 0 Å². The fourth-order valence-electron chi connectivity index (χ4n) is 1.53. The van der Waals surface area contributed by atoms with Crippen molar-refractivity contribution in [1.29, 1.82) is 0 Å². The van der Waals surface area contributed by atoms with E-state index in [4.69, 9.17) is 0 Å². The minimum atomic E-state index is -0.292. The summed E-state index contributed by atoms with van der Waals surface area (Å²) in [6, 6.07) is 9.63. The molecule has 88 valence electrons. The van der Waals surface area contributed by atoms with Crippen LogP contribution in [0.1, 0.15) is 28.2 Å². The number of carbonyl (C=O) groups is 1. The molecule has 0 saturated heterocycles. The number of nitrogens with one attached hydrogen (secondary N) is 1. The average molecular weight is 249 g/mol. The molecule has 1 aromatic heterocycles. The molecular weight excluding hydrogens is 237 g/mol. The van der Waals surface area contributed by atoms with Gasteiger partial charge in [-0.25, -0.2) is 4.39 Å². The zero-order chi connectivity index (χ0) is 12.3. The number of thiophene rings is 1. The minimum absolute atomic E-state index is 0.128. The molecule has 0 aliphatic heterocycles. The van der Waals surface area contributed by atoms with Gasteiger partial charge in [0.2, 0.25) is 0 Å². The van der Waals surface area contributed by atoms with Crippen LogP contribution in [0.3, 0.4) is 0 Å². The number of rotatable bonds is 3. The zero-order valence-corrected chi connectivity index (χ0v) is 10.1. The predicted octanol–water partition coefficient (Wildman–Crippen LogP) is 3.38. The van der Waals surface area contributed by atoms with E-state index in [1.165, 1.54) is 23.5 Å². The van der Waals surface area contributed by atoms with Crippen molar-refractivity contribution in [3.05, 3.63) is 58.0 Å². The molecule has 1 aromatic carbocycles. The van der Waals surface area contributed by atoms with Crippen molar-refractivity contribution in [3.63, 3.8) is 0 Å². The van der Waals surface area contributed by atoms with Crippen molar-refractivity contribution >= 4 is 17.2 Å². The SMILES string of the molecule is C[C@H](NC(=O)c1cccs1)c1cccc(F)c1. The van der Waals surface area contributed by atoms with Gasteiger partial charge < -0.3 is 5.32 Å². The van der Waals surface area contributed by atoms with Crippen LogP contribution in [0.4, 0.5) is 4.39 Å². The number of hydrogen-bond donors (Lipinski definition) is 1. The van der Waals surface area contributed by atoms with Crippen molar-refractivity contribution in [2.24, 2.45) is 0 Å². The van der Waals surface area contributed by atoms with E-state index in [1.807, 2.05) is 18.4 Å². The summed E-state index contributed by atoms with van der Waals surface area (Å²) in [6.07, 6.45) is 0. The van der Waals surface area contributed by atoms with E-state index in [1.54, 1.807) is 18.2 Å². The molecule has 4 heteroatoms. The molecule has 0 aliphatic rings. The van der Waals surface area contributed by atoms with Crippen LogP contribution in [-0.2, 0) is 0 Å². The Morgan fingerprint density at radius 1 is 1.35 bits per heavy atom. The molecular formula is C13H12FNOS. The van der Waals surface area contributed by atoms with Gasteiger partial charge in [-0.05, 0) is 36.1 Å². The number of halogens is 1. The topological polar surface area (TPSA) is 29.1 Å². The third-order valence-corrected chi connectivity index (χ3v) is 3.31. The fraction of sp³-hybridized carbons (Fsp3) is 0.154. The van der Waals surface area contributed by atoms with E-state index in [9.17, 15) is 9.18 Å². The fourth-order valence-corrected chi connectivity index (χ4v) is 2.16. The van der Waals surface area contributed by atoms with E-state index in [0.29, 0.717) is 4.88 Å². The number of carbonyl (C=O) groups excluding carboxylic acids is 1. The Kier molecular flexibility index (Phi) is 3.54. The van der Waals surface area contributed by atoms with Crippen LogP contribution in [0.2, 0.25) is 0 Å². The monoisotopic (exact) mass is 249 g/mol. The number of amides is 1. The van der Waals surface area contributed by atoms with Crippen LogP contribution < -0.4 is 5.32 Å². The maximum absolute atomic E-state index is 13.0. The highest BCUT2D eigenvalue weighted by Crippen LogP contribution is 2.15. The van der Waals surface area contributed by atoms with Crippen molar-refractivity contribution in [1.82, 2.24) is 5.32 Å². The number of hydrogen-bond acceptors (Lipinski definition) is 2. The lowest BCUT2D eigenvalue weighted by atomic mass is 10.1. The maximum Gasteiger partial charge on any atom is 0.261 e. The quantitative estimate of drug-likeness (QED) is 0.887. The Bertz CT molecular complexity index is 510. The third kappa shape index (κ3) is 2.91. The Hall–Kier alpha value is -1.68. The Labute approximate surface area is 103 Å². The van der Waals surface area contributed by atoms with Crippen LogP contribution in [0, 0.1) is 5.82 Å². The van der Waals surface area contributed by atoms with Crippen LogP contribution in [-0.4, -0.2) is 5.91 Å². The van der Waals surface area contributed by atoms with E-state index in [0.717, 1.165) is 5.56 Å². The van der Waals surface area contributed by atoms with Crippen molar-refractivity contribution in [2.75, 3.05) is 0 Å². The molecule has 1 amide bonds. The lowest BCUT2D eigenvalue weighted by Gasteiger charge is -2.13. The van der Waals surface area contributed by atoms with Gasteiger partial charge in [0, 0.05) is 0 Å². The first-order valence-electron chi connectivity index (χ1n) is 5.26. The van der Waals surface area contributed by atoms with Gasteiger partial charge in [0.1, 0.15) is 5.82 Å². The Balaban J connectivity index is 2.07. The molecule has 0 spiro atoms. The minimum Gasteiger partial charge on any atom is -0.345 e. The van der Waals surface area contributed by atoms with Crippen molar-refractivity contribution in [3.8, 4) is 0 Å². The van der Waals surface area contributed by atoms with E-state index in [-0.39, 0.29) is 17.8 Å². The van der Waals surface area contributed by atoms with Crippen molar-refractivity contribution in [2.45, 2.75) is 13.0 Å².